The molecule has 0 fully saturated rings. The summed E-state index contributed by atoms with van der Waals surface area (Å²) in [6, 6.07) is 0. The Morgan fingerprint density at radius 1 is 1.50 bits per heavy atom. The van der Waals surface area contributed by atoms with Crippen molar-refractivity contribution in [1.82, 2.24) is 0 Å². The predicted octanol–water partition coefficient (Wildman–Crippen LogP) is 2.95. The van der Waals surface area contributed by atoms with Gasteiger partial charge in [-0.1, -0.05) is 13.8 Å². The largest absolute Gasteiger partial charge is 0.454 e. The zero-order chi connectivity index (χ0) is 8.15. The molecule has 0 aromatic heterocycles. The normalized spacial score (nSPS) is 13.3. The van der Waals surface area contributed by atoms with Crippen molar-refractivity contribution in [2.24, 2.45) is 5.92 Å². The Bertz CT molecular complexity index is 112. The fraction of sp³-hybridized carbons (Fsp3) is 0.857. The SMILES string of the molecule is CC(C)CC(C)OC(=O)Br. The maximum Gasteiger partial charge on any atom is 0.374 e. The van der Waals surface area contributed by atoms with Gasteiger partial charge in [-0.3, -0.25) is 0 Å². The Labute approximate surface area is 70.1 Å². The van der Waals surface area contributed by atoms with Gasteiger partial charge in [0.15, 0.2) is 0 Å². The van der Waals surface area contributed by atoms with E-state index in [4.69, 9.17) is 4.74 Å². The summed E-state index contributed by atoms with van der Waals surface area (Å²) < 4.78 is 4.84. The second kappa shape index (κ2) is 4.72. The van der Waals surface area contributed by atoms with Gasteiger partial charge in [-0.05, 0) is 19.3 Å². The van der Waals surface area contributed by atoms with Gasteiger partial charge >= 0.3 is 4.88 Å². The van der Waals surface area contributed by atoms with Crippen molar-refractivity contribution in [3.63, 3.8) is 0 Å². The third kappa shape index (κ3) is 6.08. The lowest BCUT2D eigenvalue weighted by Crippen LogP contribution is -2.12. The molecule has 0 aliphatic heterocycles. The molecule has 0 rings (SSSR count). The van der Waals surface area contributed by atoms with Crippen LogP contribution in [-0.2, 0) is 4.74 Å². The first-order valence-corrected chi connectivity index (χ1v) is 4.17. The van der Waals surface area contributed by atoms with Crippen LogP contribution in [0, 0.1) is 5.92 Å². The Kier molecular flexibility index (Phi) is 4.69. The van der Waals surface area contributed by atoms with Crippen LogP contribution in [0.15, 0.2) is 0 Å². The zero-order valence-electron chi connectivity index (χ0n) is 6.56. The molecule has 2 nitrogen and oxygen atoms in total. The molecule has 1 unspecified atom stereocenters. The Hall–Kier alpha value is -0.0500. The molecule has 0 N–H and O–H groups in total. The Morgan fingerprint density at radius 2 is 2.00 bits per heavy atom. The van der Waals surface area contributed by atoms with E-state index in [1.54, 1.807) is 0 Å². The second-order valence-corrected chi connectivity index (χ2v) is 3.44. The van der Waals surface area contributed by atoms with E-state index in [2.05, 4.69) is 29.8 Å². The molecule has 0 bridgehead atoms. The van der Waals surface area contributed by atoms with E-state index in [1.807, 2.05) is 6.92 Å². The summed E-state index contributed by atoms with van der Waals surface area (Å²) in [5, 5.41) is 0. The molecule has 0 heterocycles. The molecule has 0 aliphatic rings. The highest BCUT2D eigenvalue weighted by Gasteiger charge is 2.07. The third-order valence-corrected chi connectivity index (χ3v) is 1.28. The minimum Gasteiger partial charge on any atom is -0.454 e. The highest BCUT2D eigenvalue weighted by molar-refractivity contribution is 9.18. The number of ether oxygens (including phenoxy) is 1. The van der Waals surface area contributed by atoms with Gasteiger partial charge < -0.3 is 4.74 Å². The van der Waals surface area contributed by atoms with Crippen LogP contribution in [0.2, 0.25) is 0 Å². The fourth-order valence-corrected chi connectivity index (χ4v) is 1.19. The smallest absolute Gasteiger partial charge is 0.374 e. The predicted molar refractivity (Wildman–Crippen MR) is 44.3 cm³/mol. The topological polar surface area (TPSA) is 26.3 Å². The van der Waals surface area contributed by atoms with Gasteiger partial charge in [-0.25, -0.2) is 4.79 Å². The molecule has 60 valence electrons. The molecule has 0 amide bonds. The lowest BCUT2D eigenvalue weighted by molar-refractivity contribution is 0.121. The first kappa shape index (κ1) is 9.95. The van der Waals surface area contributed by atoms with Gasteiger partial charge in [0.1, 0.15) is 6.10 Å². The van der Waals surface area contributed by atoms with E-state index >= 15 is 0 Å². The van der Waals surface area contributed by atoms with Crippen molar-refractivity contribution in [1.29, 1.82) is 0 Å². The molecule has 0 radical (unpaired) electrons. The Morgan fingerprint density at radius 3 is 2.30 bits per heavy atom. The van der Waals surface area contributed by atoms with Crippen LogP contribution in [0.25, 0.3) is 0 Å². The van der Waals surface area contributed by atoms with E-state index in [0.717, 1.165) is 6.42 Å². The van der Waals surface area contributed by atoms with E-state index in [-0.39, 0.29) is 11.0 Å². The summed E-state index contributed by atoms with van der Waals surface area (Å²) in [5.41, 5.74) is 0. The summed E-state index contributed by atoms with van der Waals surface area (Å²) in [4.78, 5) is 9.96. The third-order valence-electron chi connectivity index (χ3n) is 1.10. The van der Waals surface area contributed by atoms with Crippen molar-refractivity contribution in [2.45, 2.75) is 33.3 Å². The summed E-state index contributed by atoms with van der Waals surface area (Å²) in [6.07, 6.45) is 0.934. The highest BCUT2D eigenvalue weighted by Crippen LogP contribution is 2.09. The molecule has 0 saturated carbocycles. The van der Waals surface area contributed by atoms with Crippen molar-refractivity contribution >= 4 is 20.8 Å². The van der Waals surface area contributed by atoms with Crippen molar-refractivity contribution in [3.05, 3.63) is 0 Å². The first-order valence-electron chi connectivity index (χ1n) is 3.38. The monoisotopic (exact) mass is 208 g/mol. The summed E-state index contributed by atoms with van der Waals surface area (Å²) >= 11 is 2.70. The average Bonchev–Trinajstić information content (AvgIpc) is 1.58. The molecule has 0 saturated heterocycles. The fourth-order valence-electron chi connectivity index (χ4n) is 0.870. The summed E-state index contributed by atoms with van der Waals surface area (Å²) in [7, 11) is 0. The van der Waals surface area contributed by atoms with Crippen molar-refractivity contribution < 1.29 is 9.53 Å². The standard InChI is InChI=1S/C7H13BrO2/c1-5(2)4-6(3)10-7(8)9/h5-6H,4H2,1-3H3. The van der Waals surface area contributed by atoms with Crippen molar-refractivity contribution in [3.8, 4) is 0 Å². The van der Waals surface area contributed by atoms with Crippen molar-refractivity contribution in [2.75, 3.05) is 0 Å². The molecule has 0 spiro atoms. The molecule has 3 heteroatoms. The van der Waals surface area contributed by atoms with Crippen LogP contribution in [0.1, 0.15) is 27.2 Å². The lowest BCUT2D eigenvalue weighted by Gasteiger charge is -2.12. The quantitative estimate of drug-likeness (QED) is 0.668. The summed E-state index contributed by atoms with van der Waals surface area (Å²) in [6.45, 7) is 6.08. The maximum atomic E-state index is 10.3. The van der Waals surface area contributed by atoms with Gasteiger partial charge in [0.25, 0.3) is 0 Å². The van der Waals surface area contributed by atoms with Crippen LogP contribution >= 0.6 is 15.9 Å². The Balaban J connectivity index is 3.43. The van der Waals surface area contributed by atoms with Gasteiger partial charge in [-0.15, -0.1) is 0 Å². The average molecular weight is 209 g/mol. The number of carbonyl (C=O) groups is 1. The second-order valence-electron chi connectivity index (χ2n) is 2.80. The van der Waals surface area contributed by atoms with Crippen LogP contribution in [0.4, 0.5) is 4.79 Å². The van der Waals surface area contributed by atoms with Gasteiger partial charge in [0.05, 0.1) is 0 Å². The van der Waals surface area contributed by atoms with Gasteiger partial charge in [-0.2, -0.15) is 0 Å². The minimum atomic E-state index is -0.374. The molecule has 10 heavy (non-hydrogen) atoms. The number of halogens is 1. The molecular weight excluding hydrogens is 196 g/mol. The van der Waals surface area contributed by atoms with Crippen LogP contribution in [0.5, 0.6) is 0 Å². The zero-order valence-corrected chi connectivity index (χ0v) is 8.14. The van der Waals surface area contributed by atoms with E-state index < -0.39 is 0 Å². The minimum absolute atomic E-state index is 0.0203. The van der Waals surface area contributed by atoms with E-state index in [9.17, 15) is 4.79 Å². The highest BCUT2D eigenvalue weighted by atomic mass is 79.9. The van der Waals surface area contributed by atoms with Gasteiger partial charge in [0.2, 0.25) is 0 Å². The molecule has 1 atom stereocenters. The van der Waals surface area contributed by atoms with Crippen LogP contribution < -0.4 is 0 Å². The number of hydrogen-bond acceptors (Lipinski definition) is 2. The molecule has 0 aromatic rings. The number of hydrogen-bond donors (Lipinski definition) is 0. The van der Waals surface area contributed by atoms with E-state index in [1.165, 1.54) is 0 Å². The molecule has 0 aliphatic carbocycles. The lowest BCUT2D eigenvalue weighted by atomic mass is 10.1. The van der Waals surface area contributed by atoms with Gasteiger partial charge in [0, 0.05) is 15.9 Å². The van der Waals surface area contributed by atoms with Crippen LogP contribution in [-0.4, -0.2) is 11.0 Å². The number of rotatable bonds is 3. The summed E-state index contributed by atoms with van der Waals surface area (Å²) in [5.74, 6) is 0.571. The molecular formula is C7H13BrO2. The maximum absolute atomic E-state index is 10.3. The van der Waals surface area contributed by atoms with E-state index in [0.29, 0.717) is 5.92 Å². The molecule has 0 aromatic carbocycles. The van der Waals surface area contributed by atoms with Crippen LogP contribution in [0.3, 0.4) is 0 Å². The first-order chi connectivity index (χ1) is 4.52. The number of carbonyl (C=O) groups excluding carboxylic acids is 1.